The predicted molar refractivity (Wildman–Crippen MR) is 180 cm³/mol. The smallest absolute Gasteiger partial charge is 0.303 e. The van der Waals surface area contributed by atoms with Crippen molar-refractivity contribution in [3.05, 3.63) is 119 Å². The number of hydrogen-bond acceptors (Lipinski definition) is 7. The number of benzene rings is 4. The van der Waals surface area contributed by atoms with Gasteiger partial charge in [0.05, 0.1) is 25.2 Å². The summed E-state index contributed by atoms with van der Waals surface area (Å²) in [6, 6.07) is 31.3. The number of amides is 2. The van der Waals surface area contributed by atoms with Crippen molar-refractivity contribution in [3.63, 3.8) is 0 Å². The highest BCUT2D eigenvalue weighted by Gasteiger charge is 2.32. The molecule has 10 heteroatoms. The molecule has 3 atom stereocenters. The summed E-state index contributed by atoms with van der Waals surface area (Å²) in [4.78, 5) is 35.4. The highest BCUT2D eigenvalue weighted by atomic mass is 32.2. The zero-order chi connectivity index (χ0) is 33.2. The molecule has 4 N–H and O–H groups in total. The molecule has 0 aromatic heterocycles. The molecule has 0 saturated carbocycles. The molecule has 5 rings (SSSR count). The number of carbonyl (C=O) groups is 3. The van der Waals surface area contributed by atoms with Gasteiger partial charge >= 0.3 is 5.97 Å². The van der Waals surface area contributed by atoms with E-state index in [4.69, 9.17) is 14.6 Å². The van der Waals surface area contributed by atoms with Crippen LogP contribution in [0.2, 0.25) is 0 Å². The number of hydrogen-bond donors (Lipinski definition) is 4. The fourth-order valence-electron chi connectivity index (χ4n) is 5.33. The van der Waals surface area contributed by atoms with Crippen molar-refractivity contribution in [2.75, 3.05) is 11.1 Å². The van der Waals surface area contributed by atoms with E-state index < -0.39 is 12.3 Å². The van der Waals surface area contributed by atoms with E-state index in [1.165, 1.54) is 6.92 Å². The van der Waals surface area contributed by atoms with Gasteiger partial charge in [-0.05, 0) is 52.1 Å². The molecule has 2 amide bonds. The lowest BCUT2D eigenvalue weighted by Crippen LogP contribution is -2.31. The number of thioether (sulfide) groups is 1. The Morgan fingerprint density at radius 2 is 1.55 bits per heavy atom. The first kappa shape index (κ1) is 33.9. The van der Waals surface area contributed by atoms with Gasteiger partial charge in [-0.1, -0.05) is 72.8 Å². The first-order chi connectivity index (χ1) is 22.8. The molecular weight excluding hydrogens is 616 g/mol. The average molecular weight is 655 g/mol. The average Bonchev–Trinajstić information content (AvgIpc) is 3.09. The Kier molecular flexibility index (Phi) is 11.8. The minimum Gasteiger partial charge on any atom is -0.481 e. The van der Waals surface area contributed by atoms with Gasteiger partial charge in [-0.15, -0.1) is 11.8 Å². The Morgan fingerprint density at radius 3 is 2.23 bits per heavy atom. The summed E-state index contributed by atoms with van der Waals surface area (Å²) < 4.78 is 13.0. The molecular formula is C37H38N2O7S. The van der Waals surface area contributed by atoms with Crippen molar-refractivity contribution >= 4 is 35.2 Å². The van der Waals surface area contributed by atoms with Crippen molar-refractivity contribution in [2.45, 2.75) is 62.7 Å². The van der Waals surface area contributed by atoms with E-state index in [9.17, 15) is 19.5 Å². The van der Waals surface area contributed by atoms with Gasteiger partial charge in [0, 0.05) is 48.2 Å². The van der Waals surface area contributed by atoms with Gasteiger partial charge in [-0.25, -0.2) is 0 Å². The molecule has 244 valence electrons. The Hall–Kier alpha value is -4.48. The third-order valence-electron chi connectivity index (χ3n) is 7.78. The molecule has 1 saturated heterocycles. The van der Waals surface area contributed by atoms with Crippen LogP contribution in [-0.2, 0) is 37.0 Å². The summed E-state index contributed by atoms with van der Waals surface area (Å²) in [5, 5.41) is 24.0. The Morgan fingerprint density at radius 1 is 0.851 bits per heavy atom. The zero-order valence-electron chi connectivity index (χ0n) is 26.1. The molecule has 1 fully saturated rings. The predicted octanol–water partition coefficient (Wildman–Crippen LogP) is 6.62. The van der Waals surface area contributed by atoms with Crippen LogP contribution in [0, 0.1) is 0 Å². The van der Waals surface area contributed by atoms with Gasteiger partial charge in [0.1, 0.15) is 0 Å². The van der Waals surface area contributed by atoms with Gasteiger partial charge < -0.3 is 30.3 Å². The van der Waals surface area contributed by atoms with Crippen LogP contribution in [0.3, 0.4) is 0 Å². The standard InChI is InChI=1S/C37H38N2O7S/c1-24(41)39-30-14-16-32(17-15-30)47-23-31-20-34(27-8-6-25(22-40)7-9-27)46-37(45-31)28-12-10-26(11-13-28)33-5-3-2-4-29(33)21-38-35(42)18-19-36(43)44/h2-17,31,34,37,40H,18-23H2,1H3,(H,38,42)(H,39,41)(H,43,44). The Labute approximate surface area is 278 Å². The molecule has 4 aromatic rings. The van der Waals surface area contributed by atoms with Gasteiger partial charge in [-0.3, -0.25) is 14.4 Å². The first-order valence-electron chi connectivity index (χ1n) is 15.4. The lowest BCUT2D eigenvalue weighted by molar-refractivity contribution is -0.245. The molecule has 1 heterocycles. The second-order valence-corrected chi connectivity index (χ2v) is 12.4. The van der Waals surface area contributed by atoms with Crippen LogP contribution in [0.1, 0.15) is 60.8 Å². The number of rotatable bonds is 13. The summed E-state index contributed by atoms with van der Waals surface area (Å²) in [5.74, 6) is -0.717. The second kappa shape index (κ2) is 16.4. The van der Waals surface area contributed by atoms with Crippen LogP contribution in [-0.4, -0.2) is 39.9 Å². The number of nitrogens with one attached hydrogen (secondary N) is 2. The number of aliphatic hydroxyl groups excluding tert-OH is 1. The quantitative estimate of drug-likeness (QED) is 0.118. The normalized spacial score (nSPS) is 17.5. The number of carboxylic acids is 1. The molecule has 47 heavy (non-hydrogen) atoms. The summed E-state index contributed by atoms with van der Waals surface area (Å²) in [5.41, 5.74) is 6.32. The van der Waals surface area contributed by atoms with Crippen molar-refractivity contribution in [1.29, 1.82) is 0 Å². The number of anilines is 1. The summed E-state index contributed by atoms with van der Waals surface area (Å²) in [6.45, 7) is 1.75. The van der Waals surface area contributed by atoms with Crippen LogP contribution in [0.15, 0.2) is 102 Å². The molecule has 3 unspecified atom stereocenters. The third kappa shape index (κ3) is 9.76. The van der Waals surface area contributed by atoms with E-state index in [-0.39, 0.29) is 50.0 Å². The third-order valence-corrected chi connectivity index (χ3v) is 8.92. The molecule has 1 aliphatic rings. The van der Waals surface area contributed by atoms with Gasteiger partial charge in [-0.2, -0.15) is 0 Å². The van der Waals surface area contributed by atoms with Crippen LogP contribution in [0.25, 0.3) is 11.1 Å². The molecule has 4 aromatic carbocycles. The fraction of sp³-hybridized carbons (Fsp3) is 0.270. The summed E-state index contributed by atoms with van der Waals surface area (Å²) >= 11 is 1.68. The lowest BCUT2D eigenvalue weighted by atomic mass is 9.97. The number of carboxylic acid groups (broad SMARTS) is 1. The van der Waals surface area contributed by atoms with Gasteiger partial charge in [0.15, 0.2) is 6.29 Å². The molecule has 1 aliphatic heterocycles. The van der Waals surface area contributed by atoms with Crippen molar-refractivity contribution in [1.82, 2.24) is 5.32 Å². The SMILES string of the molecule is CC(=O)Nc1ccc(SCC2CC(c3ccc(CO)cc3)OC(c3ccc(-c4ccccc4CNC(=O)CCC(=O)O)cc3)O2)cc1. The van der Waals surface area contributed by atoms with Crippen LogP contribution >= 0.6 is 11.8 Å². The van der Waals surface area contributed by atoms with Crippen LogP contribution in [0.4, 0.5) is 5.69 Å². The van der Waals surface area contributed by atoms with Crippen molar-refractivity contribution in [2.24, 2.45) is 0 Å². The number of carbonyl (C=O) groups excluding carboxylic acids is 2. The maximum absolute atomic E-state index is 12.1. The monoisotopic (exact) mass is 654 g/mol. The minimum absolute atomic E-state index is 0.0237. The number of aliphatic carboxylic acids is 1. The van der Waals surface area contributed by atoms with E-state index >= 15 is 0 Å². The van der Waals surface area contributed by atoms with Crippen LogP contribution < -0.4 is 10.6 Å². The lowest BCUT2D eigenvalue weighted by Gasteiger charge is -2.36. The zero-order valence-corrected chi connectivity index (χ0v) is 26.9. The maximum Gasteiger partial charge on any atom is 0.303 e. The van der Waals surface area contributed by atoms with Crippen molar-refractivity contribution < 1.29 is 34.1 Å². The summed E-state index contributed by atoms with van der Waals surface area (Å²) in [6.07, 6.45) is -0.528. The maximum atomic E-state index is 12.1. The summed E-state index contributed by atoms with van der Waals surface area (Å²) in [7, 11) is 0. The Bertz CT molecular complexity index is 1660. The van der Waals surface area contributed by atoms with Crippen molar-refractivity contribution in [3.8, 4) is 11.1 Å². The Balaban J connectivity index is 1.30. The van der Waals surface area contributed by atoms with E-state index in [0.29, 0.717) is 12.2 Å². The topological polar surface area (TPSA) is 134 Å². The number of ether oxygens (including phenoxy) is 2. The molecule has 0 radical (unpaired) electrons. The molecule has 9 nitrogen and oxygen atoms in total. The molecule has 0 spiro atoms. The fourth-order valence-corrected chi connectivity index (χ4v) is 6.25. The highest BCUT2D eigenvalue weighted by Crippen LogP contribution is 2.40. The number of aliphatic hydroxyl groups is 1. The first-order valence-corrected chi connectivity index (χ1v) is 16.4. The van der Waals surface area contributed by atoms with E-state index in [1.807, 2.05) is 97.1 Å². The van der Waals surface area contributed by atoms with E-state index in [1.54, 1.807) is 11.8 Å². The van der Waals surface area contributed by atoms with Gasteiger partial charge in [0.2, 0.25) is 11.8 Å². The van der Waals surface area contributed by atoms with E-state index in [0.717, 1.165) is 44.0 Å². The molecule has 0 bridgehead atoms. The molecule has 0 aliphatic carbocycles. The minimum atomic E-state index is -1.00. The second-order valence-electron chi connectivity index (χ2n) is 11.3. The van der Waals surface area contributed by atoms with Gasteiger partial charge in [0.25, 0.3) is 0 Å². The largest absolute Gasteiger partial charge is 0.481 e. The van der Waals surface area contributed by atoms with E-state index in [2.05, 4.69) is 10.6 Å². The van der Waals surface area contributed by atoms with Crippen LogP contribution in [0.5, 0.6) is 0 Å². The highest BCUT2D eigenvalue weighted by molar-refractivity contribution is 7.99.